The van der Waals surface area contributed by atoms with Crippen molar-refractivity contribution in [2.45, 2.75) is 26.7 Å². The van der Waals surface area contributed by atoms with Crippen LogP contribution >= 0.6 is 11.6 Å². The maximum Gasteiger partial charge on any atom is 0.203 e. The van der Waals surface area contributed by atoms with E-state index >= 15 is 0 Å². The zero-order valence-electron chi connectivity index (χ0n) is 10.7. The molecule has 98 valence electrons. The summed E-state index contributed by atoms with van der Waals surface area (Å²) in [5.41, 5.74) is 0.939. The van der Waals surface area contributed by atoms with Gasteiger partial charge in [0, 0.05) is 24.8 Å². The van der Waals surface area contributed by atoms with E-state index in [9.17, 15) is 0 Å². The zero-order chi connectivity index (χ0) is 13.0. The number of hydrogen-bond donors (Lipinski definition) is 1. The van der Waals surface area contributed by atoms with Gasteiger partial charge in [-0.05, 0) is 18.3 Å². The van der Waals surface area contributed by atoms with Gasteiger partial charge >= 0.3 is 0 Å². The number of halogens is 1. The lowest BCUT2D eigenvalue weighted by Gasteiger charge is -2.24. The monoisotopic (exact) mass is 267 g/mol. The van der Waals surface area contributed by atoms with Gasteiger partial charge in [0.15, 0.2) is 5.82 Å². The third-order valence-electron chi connectivity index (χ3n) is 2.94. The van der Waals surface area contributed by atoms with E-state index in [0.717, 1.165) is 30.9 Å². The molecule has 5 nitrogen and oxygen atoms in total. The lowest BCUT2D eigenvalue weighted by Crippen LogP contribution is -2.23. The van der Waals surface area contributed by atoms with Gasteiger partial charge in [0.2, 0.25) is 5.65 Å². The van der Waals surface area contributed by atoms with E-state index in [2.05, 4.69) is 34.3 Å². The van der Waals surface area contributed by atoms with Crippen LogP contribution in [0.2, 0.25) is 0 Å². The van der Waals surface area contributed by atoms with Crippen LogP contribution in [0.25, 0.3) is 5.65 Å². The molecule has 0 radical (unpaired) electrons. The van der Waals surface area contributed by atoms with Crippen molar-refractivity contribution in [3.05, 3.63) is 18.7 Å². The van der Waals surface area contributed by atoms with Crippen LogP contribution in [0.5, 0.6) is 0 Å². The standard InChI is InChI=1S/C12H18ClN5/c1-12(2,4-3-5-13)8-15-10-11-17-16-9-18(11)7-6-14-10/h6-7,9H,3-5,8H2,1-2H3,(H,14,15). The van der Waals surface area contributed by atoms with Crippen molar-refractivity contribution < 1.29 is 0 Å². The van der Waals surface area contributed by atoms with Gasteiger partial charge in [0.05, 0.1) is 0 Å². The smallest absolute Gasteiger partial charge is 0.203 e. The van der Waals surface area contributed by atoms with Crippen molar-refractivity contribution >= 4 is 23.1 Å². The molecule has 1 N–H and O–H groups in total. The minimum absolute atomic E-state index is 0.184. The zero-order valence-corrected chi connectivity index (χ0v) is 11.5. The fraction of sp³-hybridized carbons (Fsp3) is 0.583. The highest BCUT2D eigenvalue weighted by Crippen LogP contribution is 2.23. The Kier molecular flexibility index (Phi) is 4.01. The molecule has 0 unspecified atom stereocenters. The summed E-state index contributed by atoms with van der Waals surface area (Å²) in [5, 5.41) is 11.3. The Morgan fingerprint density at radius 3 is 3.06 bits per heavy atom. The van der Waals surface area contributed by atoms with Crippen molar-refractivity contribution in [2.24, 2.45) is 5.41 Å². The summed E-state index contributed by atoms with van der Waals surface area (Å²) >= 11 is 5.73. The largest absolute Gasteiger partial charge is 0.366 e. The molecule has 0 saturated heterocycles. The molecule has 0 aromatic carbocycles. The Hall–Kier alpha value is -1.36. The molecule has 0 aliphatic rings. The molecule has 0 spiro atoms. The van der Waals surface area contributed by atoms with E-state index in [1.807, 2.05) is 10.6 Å². The molecular formula is C12H18ClN5. The van der Waals surface area contributed by atoms with Crippen molar-refractivity contribution in [1.29, 1.82) is 0 Å². The Morgan fingerprint density at radius 1 is 1.44 bits per heavy atom. The normalized spacial score (nSPS) is 11.9. The molecule has 18 heavy (non-hydrogen) atoms. The first-order valence-corrected chi connectivity index (χ1v) is 6.60. The number of nitrogens with one attached hydrogen (secondary N) is 1. The van der Waals surface area contributed by atoms with Crippen LogP contribution in [0.3, 0.4) is 0 Å². The van der Waals surface area contributed by atoms with Crippen LogP contribution in [0, 0.1) is 5.41 Å². The summed E-state index contributed by atoms with van der Waals surface area (Å²) < 4.78 is 1.85. The average Bonchev–Trinajstić information content (AvgIpc) is 2.82. The maximum absolute atomic E-state index is 5.73. The molecular weight excluding hydrogens is 250 g/mol. The summed E-state index contributed by atoms with van der Waals surface area (Å²) in [6.45, 7) is 5.27. The van der Waals surface area contributed by atoms with E-state index in [0.29, 0.717) is 5.88 Å². The number of fused-ring (bicyclic) bond motifs is 1. The topological polar surface area (TPSA) is 55.1 Å². The Bertz CT molecular complexity index is 508. The molecule has 0 fully saturated rings. The maximum atomic E-state index is 5.73. The van der Waals surface area contributed by atoms with Crippen LogP contribution < -0.4 is 5.32 Å². The first-order valence-electron chi connectivity index (χ1n) is 6.06. The van der Waals surface area contributed by atoms with E-state index in [1.54, 1.807) is 12.5 Å². The number of nitrogens with zero attached hydrogens (tertiary/aromatic N) is 4. The van der Waals surface area contributed by atoms with Gasteiger partial charge in [-0.2, -0.15) is 0 Å². The number of hydrogen-bond acceptors (Lipinski definition) is 4. The van der Waals surface area contributed by atoms with E-state index in [-0.39, 0.29) is 5.41 Å². The van der Waals surface area contributed by atoms with Crippen molar-refractivity contribution in [3.63, 3.8) is 0 Å². The molecule has 0 aliphatic heterocycles. The molecule has 0 amide bonds. The van der Waals surface area contributed by atoms with Crippen molar-refractivity contribution in [2.75, 3.05) is 17.7 Å². The fourth-order valence-corrected chi connectivity index (χ4v) is 1.97. The third kappa shape index (κ3) is 3.10. The highest BCUT2D eigenvalue weighted by Gasteiger charge is 2.18. The quantitative estimate of drug-likeness (QED) is 0.818. The summed E-state index contributed by atoms with van der Waals surface area (Å²) in [6.07, 6.45) is 7.35. The van der Waals surface area contributed by atoms with Crippen LogP contribution in [0.15, 0.2) is 18.7 Å². The number of rotatable bonds is 6. The number of anilines is 1. The highest BCUT2D eigenvalue weighted by molar-refractivity contribution is 6.17. The second kappa shape index (κ2) is 5.52. The van der Waals surface area contributed by atoms with E-state index in [1.165, 1.54) is 0 Å². The van der Waals surface area contributed by atoms with Gasteiger partial charge in [-0.15, -0.1) is 21.8 Å². The molecule has 0 aliphatic carbocycles. The van der Waals surface area contributed by atoms with E-state index in [4.69, 9.17) is 11.6 Å². The summed E-state index contributed by atoms with van der Waals surface area (Å²) in [4.78, 5) is 4.30. The van der Waals surface area contributed by atoms with Gasteiger partial charge in [0.25, 0.3) is 0 Å². The van der Waals surface area contributed by atoms with Gasteiger partial charge in [-0.3, -0.25) is 4.40 Å². The lowest BCUT2D eigenvalue weighted by atomic mass is 9.88. The molecule has 2 rings (SSSR count). The number of alkyl halides is 1. The first kappa shape index (κ1) is 13.1. The van der Waals surface area contributed by atoms with Crippen LogP contribution in [-0.4, -0.2) is 32.0 Å². The lowest BCUT2D eigenvalue weighted by molar-refractivity contribution is 0.355. The third-order valence-corrected chi connectivity index (χ3v) is 3.20. The minimum Gasteiger partial charge on any atom is -0.366 e. The van der Waals surface area contributed by atoms with Gasteiger partial charge in [-0.25, -0.2) is 4.98 Å². The molecule has 0 saturated carbocycles. The van der Waals surface area contributed by atoms with E-state index < -0.39 is 0 Å². The Balaban J connectivity index is 2.03. The molecule has 2 heterocycles. The van der Waals surface area contributed by atoms with Crippen molar-refractivity contribution in [3.8, 4) is 0 Å². The summed E-state index contributed by atoms with van der Waals surface area (Å²) in [6, 6.07) is 0. The average molecular weight is 268 g/mol. The van der Waals surface area contributed by atoms with Gasteiger partial charge in [-0.1, -0.05) is 13.8 Å². The van der Waals surface area contributed by atoms with Crippen LogP contribution in [-0.2, 0) is 0 Å². The van der Waals surface area contributed by atoms with Gasteiger partial charge < -0.3 is 5.32 Å². The Labute approximate surface area is 112 Å². The molecule has 0 atom stereocenters. The highest BCUT2D eigenvalue weighted by atomic mass is 35.5. The first-order chi connectivity index (χ1) is 8.62. The van der Waals surface area contributed by atoms with Crippen molar-refractivity contribution in [1.82, 2.24) is 19.6 Å². The molecule has 2 aromatic heterocycles. The predicted octanol–water partition coefficient (Wildman–Crippen LogP) is 2.58. The van der Waals surface area contributed by atoms with Crippen LogP contribution in [0.1, 0.15) is 26.7 Å². The van der Waals surface area contributed by atoms with Gasteiger partial charge in [0.1, 0.15) is 6.33 Å². The second-order valence-corrected chi connectivity index (χ2v) is 5.53. The minimum atomic E-state index is 0.184. The summed E-state index contributed by atoms with van der Waals surface area (Å²) in [5.74, 6) is 1.48. The second-order valence-electron chi connectivity index (χ2n) is 5.15. The predicted molar refractivity (Wildman–Crippen MR) is 73.0 cm³/mol. The number of aromatic nitrogens is 4. The summed E-state index contributed by atoms with van der Waals surface area (Å²) in [7, 11) is 0. The molecule has 0 bridgehead atoms. The Morgan fingerprint density at radius 2 is 2.28 bits per heavy atom. The van der Waals surface area contributed by atoms with Crippen LogP contribution in [0.4, 0.5) is 5.82 Å². The molecule has 6 heteroatoms. The SMILES string of the molecule is CC(C)(CCCCl)CNc1nccn2cnnc12. The molecule has 2 aromatic rings. The fourth-order valence-electron chi connectivity index (χ4n) is 1.84.